The molecule has 2 aliphatic rings. The van der Waals surface area contributed by atoms with Crippen LogP contribution in [0.15, 0.2) is 48.7 Å². The van der Waals surface area contributed by atoms with Crippen LogP contribution in [-0.2, 0) is 0 Å². The molecule has 1 amide bonds. The molecule has 0 radical (unpaired) electrons. The molecule has 0 saturated carbocycles. The highest BCUT2D eigenvalue weighted by molar-refractivity contribution is 5.94. The van der Waals surface area contributed by atoms with Gasteiger partial charge in [0.2, 0.25) is 0 Å². The lowest BCUT2D eigenvalue weighted by Crippen LogP contribution is -2.44. The molecule has 26 heavy (non-hydrogen) atoms. The van der Waals surface area contributed by atoms with Crippen LogP contribution in [0.4, 0.5) is 5.82 Å². The van der Waals surface area contributed by atoms with Gasteiger partial charge in [0.05, 0.1) is 6.04 Å². The molecule has 1 atom stereocenters. The van der Waals surface area contributed by atoms with E-state index < -0.39 is 0 Å². The monoisotopic (exact) mass is 350 g/mol. The fraction of sp³-hybridized carbons (Fsp3) is 0.429. The zero-order chi connectivity index (χ0) is 17.9. The van der Waals surface area contributed by atoms with Crippen molar-refractivity contribution < 1.29 is 4.79 Å². The fourth-order valence-electron chi connectivity index (χ4n) is 3.92. The van der Waals surface area contributed by atoms with E-state index in [2.05, 4.69) is 29.0 Å². The molecule has 2 fully saturated rings. The Labute approximate surface area is 155 Å². The number of aromatic nitrogens is 1. The number of anilines is 1. The Morgan fingerprint density at radius 2 is 1.77 bits per heavy atom. The van der Waals surface area contributed by atoms with Crippen molar-refractivity contribution in [3.63, 3.8) is 0 Å². The smallest absolute Gasteiger partial charge is 0.254 e. The number of nitrogens with zero attached hydrogens (tertiary/aromatic N) is 4. The van der Waals surface area contributed by atoms with Crippen molar-refractivity contribution in [2.75, 3.05) is 44.7 Å². The Hall–Kier alpha value is -2.40. The largest absolute Gasteiger partial charge is 0.354 e. The lowest BCUT2D eigenvalue weighted by molar-refractivity contribution is 0.0735. The van der Waals surface area contributed by atoms with Gasteiger partial charge in [-0.05, 0) is 43.7 Å². The Bertz CT molecular complexity index is 738. The molecule has 2 aromatic rings. The molecule has 5 nitrogen and oxygen atoms in total. The molecule has 0 unspecified atom stereocenters. The Kier molecular flexibility index (Phi) is 4.89. The van der Waals surface area contributed by atoms with Gasteiger partial charge in [0, 0.05) is 44.5 Å². The second-order valence-electron chi connectivity index (χ2n) is 7.26. The number of likely N-dealkylation sites (N-methyl/N-ethyl adjacent to an activating group) is 1. The average molecular weight is 350 g/mol. The van der Waals surface area contributed by atoms with Gasteiger partial charge in [-0.25, -0.2) is 4.98 Å². The van der Waals surface area contributed by atoms with Crippen molar-refractivity contribution in [2.45, 2.75) is 18.9 Å². The zero-order valence-corrected chi connectivity index (χ0v) is 15.3. The minimum Gasteiger partial charge on any atom is -0.354 e. The molecule has 136 valence electrons. The number of carbonyl (C=O) groups is 1. The quantitative estimate of drug-likeness (QED) is 0.853. The summed E-state index contributed by atoms with van der Waals surface area (Å²) in [7, 11) is 2.16. The highest BCUT2D eigenvalue weighted by Crippen LogP contribution is 2.33. The maximum Gasteiger partial charge on any atom is 0.254 e. The van der Waals surface area contributed by atoms with E-state index in [1.165, 1.54) is 0 Å². The number of piperazine rings is 1. The third kappa shape index (κ3) is 3.44. The summed E-state index contributed by atoms with van der Waals surface area (Å²) in [6, 6.07) is 14.0. The summed E-state index contributed by atoms with van der Waals surface area (Å²) in [6.07, 6.45) is 4.02. The van der Waals surface area contributed by atoms with Gasteiger partial charge in [-0.3, -0.25) is 4.79 Å². The number of likely N-dealkylation sites (tertiary alicyclic amines) is 1. The van der Waals surface area contributed by atoms with Crippen molar-refractivity contribution >= 4 is 11.7 Å². The van der Waals surface area contributed by atoms with Gasteiger partial charge in [0.1, 0.15) is 5.82 Å². The third-order valence-electron chi connectivity index (χ3n) is 5.52. The second-order valence-corrected chi connectivity index (χ2v) is 7.26. The maximum absolute atomic E-state index is 12.9. The van der Waals surface area contributed by atoms with Gasteiger partial charge in [0.25, 0.3) is 5.91 Å². The van der Waals surface area contributed by atoms with Crippen molar-refractivity contribution in [2.24, 2.45) is 0 Å². The predicted molar refractivity (Wildman–Crippen MR) is 103 cm³/mol. The van der Waals surface area contributed by atoms with Crippen LogP contribution in [-0.4, -0.2) is 60.5 Å². The lowest BCUT2D eigenvalue weighted by atomic mass is 10.1. The van der Waals surface area contributed by atoms with Crippen molar-refractivity contribution in [1.29, 1.82) is 0 Å². The van der Waals surface area contributed by atoms with Crippen LogP contribution in [0, 0.1) is 0 Å². The summed E-state index contributed by atoms with van der Waals surface area (Å²) in [5, 5.41) is 0. The molecule has 1 aromatic carbocycles. The SMILES string of the molecule is CN1CCN(c2ccc([C@@H]3CCCN3C(=O)c3ccccc3)cn2)CC1. The summed E-state index contributed by atoms with van der Waals surface area (Å²) in [5.74, 6) is 1.16. The molecular formula is C21H26N4O. The lowest BCUT2D eigenvalue weighted by Gasteiger charge is -2.33. The summed E-state index contributed by atoms with van der Waals surface area (Å²) in [6.45, 7) is 5.01. The molecule has 4 rings (SSSR count). The molecule has 3 heterocycles. The van der Waals surface area contributed by atoms with Gasteiger partial charge in [0.15, 0.2) is 0 Å². The first kappa shape index (κ1) is 17.0. The minimum absolute atomic E-state index is 0.122. The second kappa shape index (κ2) is 7.46. The number of rotatable bonds is 3. The van der Waals surface area contributed by atoms with Crippen LogP contribution in [0.5, 0.6) is 0 Å². The van der Waals surface area contributed by atoms with E-state index in [1.54, 1.807) is 0 Å². The topological polar surface area (TPSA) is 39.7 Å². The van der Waals surface area contributed by atoms with Crippen LogP contribution in [0.2, 0.25) is 0 Å². The molecule has 2 saturated heterocycles. The van der Waals surface area contributed by atoms with Crippen molar-refractivity contribution in [1.82, 2.24) is 14.8 Å². The van der Waals surface area contributed by atoms with E-state index in [0.717, 1.165) is 62.5 Å². The summed E-state index contributed by atoms with van der Waals surface area (Å²) in [4.78, 5) is 24.3. The molecule has 0 aliphatic carbocycles. The molecule has 5 heteroatoms. The Balaban J connectivity index is 1.49. The van der Waals surface area contributed by atoms with Crippen LogP contribution in [0.25, 0.3) is 0 Å². The average Bonchev–Trinajstić information content (AvgIpc) is 3.19. The summed E-state index contributed by atoms with van der Waals surface area (Å²) in [5.41, 5.74) is 1.91. The van der Waals surface area contributed by atoms with Gasteiger partial charge < -0.3 is 14.7 Å². The maximum atomic E-state index is 12.9. The third-order valence-corrected chi connectivity index (χ3v) is 5.52. The van der Waals surface area contributed by atoms with Crippen molar-refractivity contribution in [3.05, 3.63) is 59.8 Å². The number of pyridine rings is 1. The predicted octanol–water partition coefficient (Wildman–Crippen LogP) is 2.81. The Morgan fingerprint density at radius 3 is 2.46 bits per heavy atom. The number of hydrogen-bond donors (Lipinski definition) is 0. The van der Waals surface area contributed by atoms with E-state index in [0.29, 0.717) is 0 Å². The summed E-state index contributed by atoms with van der Waals surface area (Å²) < 4.78 is 0. The first-order chi connectivity index (χ1) is 12.7. The van der Waals surface area contributed by atoms with Crippen LogP contribution in [0.1, 0.15) is 34.8 Å². The van der Waals surface area contributed by atoms with Crippen LogP contribution >= 0.6 is 0 Å². The number of benzene rings is 1. The number of carbonyl (C=O) groups excluding carboxylic acids is 1. The Morgan fingerprint density at radius 1 is 1.00 bits per heavy atom. The highest BCUT2D eigenvalue weighted by atomic mass is 16.2. The van der Waals surface area contributed by atoms with E-state index in [1.807, 2.05) is 41.4 Å². The van der Waals surface area contributed by atoms with Gasteiger partial charge in [-0.1, -0.05) is 24.3 Å². The number of hydrogen-bond acceptors (Lipinski definition) is 4. The van der Waals surface area contributed by atoms with E-state index in [4.69, 9.17) is 4.98 Å². The van der Waals surface area contributed by atoms with E-state index in [9.17, 15) is 4.79 Å². The highest BCUT2D eigenvalue weighted by Gasteiger charge is 2.30. The molecule has 0 N–H and O–H groups in total. The fourth-order valence-corrected chi connectivity index (χ4v) is 3.92. The van der Waals surface area contributed by atoms with E-state index >= 15 is 0 Å². The van der Waals surface area contributed by atoms with Gasteiger partial charge in [-0.2, -0.15) is 0 Å². The molecule has 0 bridgehead atoms. The molecular weight excluding hydrogens is 324 g/mol. The summed E-state index contributed by atoms with van der Waals surface area (Å²) >= 11 is 0. The first-order valence-electron chi connectivity index (χ1n) is 9.48. The first-order valence-corrected chi connectivity index (χ1v) is 9.48. The van der Waals surface area contributed by atoms with E-state index in [-0.39, 0.29) is 11.9 Å². The van der Waals surface area contributed by atoms with Crippen LogP contribution in [0.3, 0.4) is 0 Å². The molecule has 1 aromatic heterocycles. The van der Waals surface area contributed by atoms with Crippen molar-refractivity contribution in [3.8, 4) is 0 Å². The molecule has 2 aliphatic heterocycles. The molecule has 0 spiro atoms. The zero-order valence-electron chi connectivity index (χ0n) is 15.3. The van der Waals surface area contributed by atoms with Gasteiger partial charge in [-0.15, -0.1) is 0 Å². The minimum atomic E-state index is 0.122. The standard InChI is InChI=1S/C21H26N4O/c1-23-12-14-24(15-13-23)20-10-9-18(16-22-20)19-8-5-11-25(19)21(26)17-6-3-2-4-7-17/h2-4,6-7,9-10,16,19H,5,8,11-15H2,1H3/t19-/m0/s1. The van der Waals surface area contributed by atoms with Gasteiger partial charge >= 0.3 is 0 Å². The number of amides is 1. The normalized spacial score (nSPS) is 21.2. The van der Waals surface area contributed by atoms with Crippen LogP contribution < -0.4 is 4.90 Å².